The Bertz CT molecular complexity index is 279. The standard InChI is InChI=1S/C14H22O/c1-4-5-11-14(15,12(2)3)13-9-7-6-8-10-13/h6-10,12,15H,4-5,11H2,1-3H3. The van der Waals surface area contributed by atoms with Crippen LogP contribution in [0.5, 0.6) is 0 Å². The first-order chi connectivity index (χ1) is 7.11. The molecule has 1 heteroatoms. The summed E-state index contributed by atoms with van der Waals surface area (Å²) in [6.07, 6.45) is 3.05. The van der Waals surface area contributed by atoms with Gasteiger partial charge in [-0.15, -0.1) is 0 Å². The molecule has 1 nitrogen and oxygen atoms in total. The average Bonchev–Trinajstić information content (AvgIpc) is 2.27. The van der Waals surface area contributed by atoms with Crippen LogP contribution in [0.2, 0.25) is 0 Å². The van der Waals surface area contributed by atoms with Crippen LogP contribution < -0.4 is 0 Å². The Hall–Kier alpha value is -0.820. The Morgan fingerprint density at radius 1 is 1.20 bits per heavy atom. The Kier molecular flexibility index (Phi) is 4.34. The van der Waals surface area contributed by atoms with Crippen LogP contribution in [0.25, 0.3) is 0 Å². The second-order valence-electron chi connectivity index (χ2n) is 4.55. The quantitative estimate of drug-likeness (QED) is 0.778. The van der Waals surface area contributed by atoms with Crippen LogP contribution in [0.4, 0.5) is 0 Å². The van der Waals surface area contributed by atoms with E-state index in [-0.39, 0.29) is 5.92 Å². The molecule has 1 aromatic rings. The van der Waals surface area contributed by atoms with Crippen LogP contribution in [-0.2, 0) is 5.60 Å². The minimum Gasteiger partial charge on any atom is -0.385 e. The van der Waals surface area contributed by atoms with Crippen molar-refractivity contribution < 1.29 is 5.11 Å². The summed E-state index contributed by atoms with van der Waals surface area (Å²) in [7, 11) is 0. The first-order valence-corrected chi connectivity index (χ1v) is 5.89. The Labute approximate surface area is 93.1 Å². The monoisotopic (exact) mass is 206 g/mol. The van der Waals surface area contributed by atoms with Crippen LogP contribution >= 0.6 is 0 Å². The minimum atomic E-state index is -0.655. The Morgan fingerprint density at radius 2 is 1.80 bits per heavy atom. The fraction of sp³-hybridized carbons (Fsp3) is 0.571. The van der Waals surface area contributed by atoms with Gasteiger partial charge in [-0.1, -0.05) is 63.9 Å². The molecule has 0 aliphatic carbocycles. The lowest BCUT2D eigenvalue weighted by molar-refractivity contribution is -0.0203. The molecule has 0 fully saturated rings. The van der Waals surface area contributed by atoms with Gasteiger partial charge < -0.3 is 5.11 Å². The third-order valence-corrected chi connectivity index (χ3v) is 3.14. The summed E-state index contributed by atoms with van der Waals surface area (Å²) in [6, 6.07) is 10.0. The average molecular weight is 206 g/mol. The van der Waals surface area contributed by atoms with Gasteiger partial charge in [0.2, 0.25) is 0 Å². The fourth-order valence-corrected chi connectivity index (χ4v) is 1.94. The van der Waals surface area contributed by atoms with Gasteiger partial charge >= 0.3 is 0 Å². The maximum atomic E-state index is 10.7. The molecule has 1 atom stereocenters. The SMILES string of the molecule is CCCCC(O)(c1ccccc1)C(C)C. The van der Waals surface area contributed by atoms with Gasteiger partial charge in [-0.2, -0.15) is 0 Å². The minimum absolute atomic E-state index is 0.256. The van der Waals surface area contributed by atoms with Gasteiger partial charge in [0, 0.05) is 0 Å². The maximum absolute atomic E-state index is 10.7. The summed E-state index contributed by atoms with van der Waals surface area (Å²) < 4.78 is 0. The van der Waals surface area contributed by atoms with E-state index >= 15 is 0 Å². The van der Waals surface area contributed by atoms with Crippen LogP contribution in [0.15, 0.2) is 30.3 Å². The lowest BCUT2D eigenvalue weighted by Crippen LogP contribution is -2.31. The van der Waals surface area contributed by atoms with Crippen molar-refractivity contribution in [2.45, 2.75) is 45.6 Å². The largest absolute Gasteiger partial charge is 0.385 e. The van der Waals surface area contributed by atoms with Crippen LogP contribution in [-0.4, -0.2) is 5.11 Å². The third kappa shape index (κ3) is 2.82. The fourth-order valence-electron chi connectivity index (χ4n) is 1.94. The lowest BCUT2D eigenvalue weighted by Gasteiger charge is -2.33. The van der Waals surface area contributed by atoms with Gasteiger partial charge in [-0.05, 0) is 17.9 Å². The molecule has 1 rings (SSSR count). The molecule has 0 heterocycles. The highest BCUT2D eigenvalue weighted by Crippen LogP contribution is 2.34. The van der Waals surface area contributed by atoms with E-state index in [1.54, 1.807) is 0 Å². The number of benzene rings is 1. The second-order valence-corrected chi connectivity index (χ2v) is 4.55. The van der Waals surface area contributed by atoms with Crippen molar-refractivity contribution in [3.05, 3.63) is 35.9 Å². The summed E-state index contributed by atoms with van der Waals surface area (Å²) in [6.45, 7) is 6.33. The molecular weight excluding hydrogens is 184 g/mol. The van der Waals surface area contributed by atoms with E-state index in [0.717, 1.165) is 24.8 Å². The van der Waals surface area contributed by atoms with E-state index in [1.807, 2.05) is 30.3 Å². The van der Waals surface area contributed by atoms with E-state index in [4.69, 9.17) is 0 Å². The molecule has 0 saturated carbocycles. The molecular formula is C14H22O. The highest BCUT2D eigenvalue weighted by Gasteiger charge is 2.31. The molecule has 0 bridgehead atoms. The van der Waals surface area contributed by atoms with E-state index < -0.39 is 5.60 Å². The molecule has 84 valence electrons. The summed E-state index contributed by atoms with van der Waals surface area (Å²) in [5, 5.41) is 10.7. The smallest absolute Gasteiger partial charge is 0.0919 e. The first-order valence-electron chi connectivity index (χ1n) is 5.89. The highest BCUT2D eigenvalue weighted by molar-refractivity contribution is 5.22. The molecule has 1 unspecified atom stereocenters. The number of rotatable bonds is 5. The van der Waals surface area contributed by atoms with Gasteiger partial charge in [0.05, 0.1) is 5.60 Å². The van der Waals surface area contributed by atoms with Crippen molar-refractivity contribution in [2.24, 2.45) is 5.92 Å². The Morgan fingerprint density at radius 3 is 2.27 bits per heavy atom. The molecule has 1 N–H and O–H groups in total. The summed E-state index contributed by atoms with van der Waals surface area (Å²) in [4.78, 5) is 0. The number of aliphatic hydroxyl groups is 1. The van der Waals surface area contributed by atoms with E-state index in [9.17, 15) is 5.11 Å². The molecule has 15 heavy (non-hydrogen) atoms. The lowest BCUT2D eigenvalue weighted by atomic mass is 9.79. The summed E-state index contributed by atoms with van der Waals surface area (Å²) in [5.74, 6) is 0.256. The molecule has 0 aliphatic heterocycles. The van der Waals surface area contributed by atoms with Crippen molar-refractivity contribution in [3.8, 4) is 0 Å². The highest BCUT2D eigenvalue weighted by atomic mass is 16.3. The zero-order valence-electron chi connectivity index (χ0n) is 10.0. The normalized spacial score (nSPS) is 15.3. The molecule has 0 aliphatic rings. The van der Waals surface area contributed by atoms with Crippen molar-refractivity contribution in [1.82, 2.24) is 0 Å². The first kappa shape index (κ1) is 12.3. The molecule has 0 aromatic heterocycles. The predicted octanol–water partition coefficient (Wildman–Crippen LogP) is 3.72. The predicted molar refractivity (Wildman–Crippen MR) is 64.7 cm³/mol. The van der Waals surface area contributed by atoms with Crippen molar-refractivity contribution in [3.63, 3.8) is 0 Å². The van der Waals surface area contributed by atoms with Crippen molar-refractivity contribution >= 4 is 0 Å². The van der Waals surface area contributed by atoms with Crippen molar-refractivity contribution in [2.75, 3.05) is 0 Å². The third-order valence-electron chi connectivity index (χ3n) is 3.14. The topological polar surface area (TPSA) is 20.2 Å². The van der Waals surface area contributed by atoms with Crippen LogP contribution in [0.1, 0.15) is 45.6 Å². The van der Waals surface area contributed by atoms with Gasteiger partial charge in [-0.3, -0.25) is 0 Å². The van der Waals surface area contributed by atoms with Gasteiger partial charge in [-0.25, -0.2) is 0 Å². The van der Waals surface area contributed by atoms with Crippen molar-refractivity contribution in [1.29, 1.82) is 0 Å². The van der Waals surface area contributed by atoms with Crippen LogP contribution in [0.3, 0.4) is 0 Å². The van der Waals surface area contributed by atoms with Crippen LogP contribution in [0, 0.1) is 5.92 Å². The zero-order chi connectivity index (χ0) is 11.3. The molecule has 0 amide bonds. The zero-order valence-corrected chi connectivity index (χ0v) is 10.0. The summed E-state index contributed by atoms with van der Waals surface area (Å²) >= 11 is 0. The molecule has 0 radical (unpaired) electrons. The number of unbranched alkanes of at least 4 members (excludes halogenated alkanes) is 1. The van der Waals surface area contributed by atoms with E-state index in [1.165, 1.54) is 0 Å². The summed E-state index contributed by atoms with van der Waals surface area (Å²) in [5.41, 5.74) is 0.394. The van der Waals surface area contributed by atoms with Gasteiger partial charge in [0.1, 0.15) is 0 Å². The number of hydrogen-bond donors (Lipinski definition) is 1. The van der Waals surface area contributed by atoms with E-state index in [0.29, 0.717) is 0 Å². The second kappa shape index (κ2) is 5.32. The van der Waals surface area contributed by atoms with E-state index in [2.05, 4.69) is 20.8 Å². The molecule has 0 spiro atoms. The molecule has 0 saturated heterocycles. The van der Waals surface area contributed by atoms with Gasteiger partial charge in [0.15, 0.2) is 0 Å². The Balaban J connectivity index is 2.91. The maximum Gasteiger partial charge on any atom is 0.0919 e. The van der Waals surface area contributed by atoms with Gasteiger partial charge in [0.25, 0.3) is 0 Å². The molecule has 1 aromatic carbocycles. The number of hydrogen-bond acceptors (Lipinski definition) is 1.